The van der Waals surface area contributed by atoms with E-state index >= 15 is 0 Å². The molecule has 0 bridgehead atoms. The fraction of sp³-hybridized carbons (Fsp3) is 0.286. The number of aromatic nitrogens is 1. The van der Waals surface area contributed by atoms with Gasteiger partial charge in [0.05, 0.1) is 18.9 Å². The number of nitrogens with zero attached hydrogens (tertiary/aromatic N) is 1. The molecular weight excluding hydrogens is 171 g/mol. The lowest BCUT2D eigenvalue weighted by Gasteiger charge is -2.04. The molecule has 0 aliphatic rings. The first-order chi connectivity index (χ1) is 5.66. The van der Waals surface area contributed by atoms with Gasteiger partial charge in [0.15, 0.2) is 11.6 Å². The Morgan fingerprint density at radius 3 is 2.58 bits per heavy atom. The van der Waals surface area contributed by atoms with E-state index in [9.17, 15) is 13.2 Å². The van der Waals surface area contributed by atoms with E-state index in [1.807, 2.05) is 0 Å². The van der Waals surface area contributed by atoms with E-state index in [0.29, 0.717) is 0 Å². The van der Waals surface area contributed by atoms with Crippen molar-refractivity contribution in [2.24, 2.45) is 0 Å². The molecule has 0 aliphatic carbocycles. The lowest BCUT2D eigenvalue weighted by Crippen LogP contribution is -1.96. The van der Waals surface area contributed by atoms with Crippen molar-refractivity contribution in [3.8, 4) is 5.75 Å². The highest BCUT2D eigenvalue weighted by Gasteiger charge is 2.16. The van der Waals surface area contributed by atoms with Gasteiger partial charge in [-0.05, 0) is 0 Å². The molecule has 0 N–H and O–H groups in total. The van der Waals surface area contributed by atoms with Gasteiger partial charge in [-0.1, -0.05) is 0 Å². The van der Waals surface area contributed by atoms with E-state index in [1.165, 1.54) is 7.11 Å². The van der Waals surface area contributed by atoms with Crippen LogP contribution in [0.1, 0.15) is 12.0 Å². The first-order valence-electron chi connectivity index (χ1n) is 3.12. The topological polar surface area (TPSA) is 22.1 Å². The molecule has 0 fully saturated rings. The molecule has 0 spiro atoms. The minimum atomic E-state index is -2.87. The summed E-state index contributed by atoms with van der Waals surface area (Å²) >= 11 is 0. The predicted octanol–water partition coefficient (Wildman–Crippen LogP) is 2.17. The molecule has 1 rings (SSSR count). The van der Waals surface area contributed by atoms with Gasteiger partial charge in [-0.15, -0.1) is 0 Å². The van der Waals surface area contributed by atoms with Crippen molar-refractivity contribution in [2.45, 2.75) is 6.43 Å². The summed E-state index contributed by atoms with van der Waals surface area (Å²) in [5.74, 6) is -1.32. The zero-order valence-electron chi connectivity index (χ0n) is 6.22. The second kappa shape index (κ2) is 3.42. The number of rotatable bonds is 2. The Morgan fingerprint density at radius 1 is 1.42 bits per heavy atom. The van der Waals surface area contributed by atoms with Crippen LogP contribution in [0.25, 0.3) is 0 Å². The molecule has 0 amide bonds. The van der Waals surface area contributed by atoms with E-state index in [-0.39, 0.29) is 5.75 Å². The van der Waals surface area contributed by atoms with Crippen LogP contribution >= 0.6 is 0 Å². The van der Waals surface area contributed by atoms with Crippen LogP contribution in [0.15, 0.2) is 12.4 Å². The van der Waals surface area contributed by atoms with Gasteiger partial charge in [0.1, 0.15) is 0 Å². The molecule has 12 heavy (non-hydrogen) atoms. The SMILES string of the molecule is COc1cncc(C(F)F)c1F. The van der Waals surface area contributed by atoms with Crippen LogP contribution < -0.4 is 4.74 Å². The Hall–Kier alpha value is -1.26. The highest BCUT2D eigenvalue weighted by atomic mass is 19.3. The Bertz CT molecular complexity index is 277. The van der Waals surface area contributed by atoms with Gasteiger partial charge in [0.25, 0.3) is 6.43 Å². The summed E-state index contributed by atoms with van der Waals surface area (Å²) in [5, 5.41) is 0. The van der Waals surface area contributed by atoms with Crippen LogP contribution in [0, 0.1) is 5.82 Å². The van der Waals surface area contributed by atoms with Crippen molar-refractivity contribution in [3.05, 3.63) is 23.8 Å². The minimum Gasteiger partial charge on any atom is -0.492 e. The molecule has 0 unspecified atom stereocenters. The van der Waals surface area contributed by atoms with Gasteiger partial charge >= 0.3 is 0 Å². The van der Waals surface area contributed by atoms with Crippen LogP contribution in [0.4, 0.5) is 13.2 Å². The maximum absolute atomic E-state index is 12.9. The van der Waals surface area contributed by atoms with E-state index in [0.717, 1.165) is 12.4 Å². The number of halogens is 3. The van der Waals surface area contributed by atoms with Gasteiger partial charge in [-0.2, -0.15) is 0 Å². The molecule has 0 aromatic carbocycles. The standard InChI is InChI=1S/C7H6F3NO/c1-12-5-3-11-2-4(6(5)8)7(9)10/h2-3,7H,1H3. The first kappa shape index (κ1) is 8.83. The quantitative estimate of drug-likeness (QED) is 0.690. The second-order valence-electron chi connectivity index (χ2n) is 2.05. The zero-order valence-corrected chi connectivity index (χ0v) is 6.22. The van der Waals surface area contributed by atoms with Gasteiger partial charge < -0.3 is 4.74 Å². The van der Waals surface area contributed by atoms with Gasteiger partial charge in [-0.3, -0.25) is 4.98 Å². The highest BCUT2D eigenvalue weighted by Crippen LogP contribution is 2.26. The molecule has 5 heteroatoms. The molecule has 0 radical (unpaired) electrons. The van der Waals surface area contributed by atoms with E-state index in [4.69, 9.17) is 0 Å². The normalized spacial score (nSPS) is 10.4. The summed E-state index contributed by atoms with van der Waals surface area (Å²) in [4.78, 5) is 3.39. The maximum Gasteiger partial charge on any atom is 0.268 e. The van der Waals surface area contributed by atoms with Crippen LogP contribution in [0.3, 0.4) is 0 Å². The Labute approximate surface area is 67.0 Å². The van der Waals surface area contributed by atoms with Crippen molar-refractivity contribution in [1.29, 1.82) is 0 Å². The molecule has 0 aliphatic heterocycles. The van der Waals surface area contributed by atoms with Crippen LogP contribution in [0.2, 0.25) is 0 Å². The Balaban J connectivity index is 3.14. The molecule has 0 atom stereocenters. The molecular formula is C7H6F3NO. The van der Waals surface area contributed by atoms with Crippen molar-refractivity contribution >= 4 is 0 Å². The summed E-state index contributed by atoms with van der Waals surface area (Å²) in [6.07, 6.45) is -1.04. The van der Waals surface area contributed by atoms with E-state index in [2.05, 4.69) is 9.72 Å². The molecule has 1 heterocycles. The second-order valence-corrected chi connectivity index (χ2v) is 2.05. The average Bonchev–Trinajstić information content (AvgIpc) is 2.04. The Morgan fingerprint density at radius 2 is 2.08 bits per heavy atom. The maximum atomic E-state index is 12.9. The number of methoxy groups -OCH3 is 1. The monoisotopic (exact) mass is 177 g/mol. The Kier molecular flexibility index (Phi) is 2.52. The van der Waals surface area contributed by atoms with Crippen molar-refractivity contribution in [1.82, 2.24) is 4.98 Å². The smallest absolute Gasteiger partial charge is 0.268 e. The van der Waals surface area contributed by atoms with E-state index in [1.54, 1.807) is 0 Å². The summed E-state index contributed by atoms with van der Waals surface area (Å²) in [5.41, 5.74) is -0.741. The van der Waals surface area contributed by atoms with Gasteiger partial charge in [0, 0.05) is 6.20 Å². The van der Waals surface area contributed by atoms with Crippen molar-refractivity contribution < 1.29 is 17.9 Å². The lowest BCUT2D eigenvalue weighted by atomic mass is 10.3. The van der Waals surface area contributed by atoms with Gasteiger partial charge in [-0.25, -0.2) is 13.2 Å². The third kappa shape index (κ3) is 1.49. The number of ether oxygens (including phenoxy) is 1. The third-order valence-corrected chi connectivity index (χ3v) is 1.33. The summed E-state index contributed by atoms with van der Waals surface area (Å²) in [6.45, 7) is 0. The summed E-state index contributed by atoms with van der Waals surface area (Å²) < 4.78 is 41.4. The summed E-state index contributed by atoms with van der Waals surface area (Å²) in [6, 6.07) is 0. The molecule has 66 valence electrons. The number of hydrogen-bond acceptors (Lipinski definition) is 2. The average molecular weight is 177 g/mol. The van der Waals surface area contributed by atoms with Crippen molar-refractivity contribution in [3.63, 3.8) is 0 Å². The fourth-order valence-corrected chi connectivity index (χ4v) is 0.735. The number of alkyl halides is 2. The lowest BCUT2D eigenvalue weighted by molar-refractivity contribution is 0.144. The fourth-order valence-electron chi connectivity index (χ4n) is 0.735. The highest BCUT2D eigenvalue weighted by molar-refractivity contribution is 5.27. The minimum absolute atomic E-state index is 0.271. The molecule has 0 saturated heterocycles. The zero-order chi connectivity index (χ0) is 9.14. The number of pyridine rings is 1. The largest absolute Gasteiger partial charge is 0.492 e. The third-order valence-electron chi connectivity index (χ3n) is 1.33. The van der Waals surface area contributed by atoms with E-state index < -0.39 is 17.8 Å². The molecule has 1 aromatic rings. The summed E-state index contributed by atoms with van der Waals surface area (Å²) in [7, 11) is 1.19. The number of hydrogen-bond donors (Lipinski definition) is 0. The van der Waals surface area contributed by atoms with Crippen molar-refractivity contribution in [2.75, 3.05) is 7.11 Å². The van der Waals surface area contributed by atoms with Crippen LogP contribution in [0.5, 0.6) is 5.75 Å². The predicted molar refractivity (Wildman–Crippen MR) is 35.7 cm³/mol. The molecule has 0 saturated carbocycles. The van der Waals surface area contributed by atoms with Crippen LogP contribution in [-0.2, 0) is 0 Å². The molecule has 1 aromatic heterocycles. The van der Waals surface area contributed by atoms with Crippen LogP contribution in [-0.4, -0.2) is 12.1 Å². The first-order valence-corrected chi connectivity index (χ1v) is 3.12. The van der Waals surface area contributed by atoms with Gasteiger partial charge in [0.2, 0.25) is 0 Å². The molecule has 2 nitrogen and oxygen atoms in total.